The molecule has 7 heteroatoms. The number of ketones is 1. The van der Waals surface area contributed by atoms with Crippen molar-refractivity contribution < 1.29 is 9.59 Å². The fraction of sp³-hybridized carbons (Fsp3) is 0.579. The van der Waals surface area contributed by atoms with Crippen LogP contribution in [0.25, 0.3) is 0 Å². The molecule has 0 bridgehead atoms. The van der Waals surface area contributed by atoms with Crippen molar-refractivity contribution in [2.24, 2.45) is 0 Å². The average Bonchev–Trinajstić information content (AvgIpc) is 2.63. The Kier molecular flexibility index (Phi) is 9.26. The number of rotatable bonds is 10. The first-order valence-corrected chi connectivity index (χ1v) is 10.9. The van der Waals surface area contributed by atoms with Gasteiger partial charge in [-0.1, -0.05) is 49.4 Å². The van der Waals surface area contributed by atoms with Crippen molar-refractivity contribution in [1.82, 2.24) is 10.2 Å². The van der Waals surface area contributed by atoms with Crippen LogP contribution in [0.5, 0.6) is 0 Å². The summed E-state index contributed by atoms with van der Waals surface area (Å²) in [6, 6.07) is 3.66. The normalized spacial score (nSPS) is 15.1. The van der Waals surface area contributed by atoms with Crippen LogP contribution in [-0.2, 0) is 4.79 Å². The van der Waals surface area contributed by atoms with Gasteiger partial charge in [0.15, 0.2) is 5.78 Å². The summed E-state index contributed by atoms with van der Waals surface area (Å²) in [6.07, 6.45) is 5.17. The number of piperazine rings is 1. The molecule has 1 amide bonds. The summed E-state index contributed by atoms with van der Waals surface area (Å²) in [5.74, 6) is 0.966. The van der Waals surface area contributed by atoms with E-state index in [0.29, 0.717) is 41.7 Å². The zero-order valence-electron chi connectivity index (χ0n) is 15.2. The van der Waals surface area contributed by atoms with Crippen LogP contribution >= 0.6 is 35.0 Å². The first kappa shape index (κ1) is 21.5. The lowest BCUT2D eigenvalue weighted by atomic mass is 10.1. The Morgan fingerprint density at radius 1 is 1.23 bits per heavy atom. The van der Waals surface area contributed by atoms with E-state index in [1.165, 1.54) is 19.3 Å². The zero-order valence-corrected chi connectivity index (χ0v) is 17.5. The molecule has 1 aromatic carbocycles. The number of thioether (sulfide) groups is 1. The first-order chi connectivity index (χ1) is 12.5. The Hall–Kier alpha value is -0.750. The first-order valence-electron chi connectivity index (χ1n) is 9.16. The molecular weight excluding hydrogens is 391 g/mol. The fourth-order valence-electron chi connectivity index (χ4n) is 2.85. The van der Waals surface area contributed by atoms with Crippen LogP contribution in [0.1, 0.15) is 49.4 Å². The lowest BCUT2D eigenvalue weighted by Crippen LogP contribution is -2.48. The van der Waals surface area contributed by atoms with Crippen molar-refractivity contribution in [3.05, 3.63) is 27.7 Å². The molecule has 26 heavy (non-hydrogen) atoms. The Morgan fingerprint density at radius 2 is 2.04 bits per heavy atom. The van der Waals surface area contributed by atoms with Gasteiger partial charge in [-0.3, -0.25) is 14.5 Å². The maximum atomic E-state index is 12.5. The lowest BCUT2D eigenvalue weighted by Gasteiger charge is -2.26. The molecule has 0 aromatic heterocycles. The van der Waals surface area contributed by atoms with Crippen LogP contribution in [0.15, 0.2) is 17.0 Å². The third-order valence-corrected chi connectivity index (χ3v) is 6.51. The van der Waals surface area contributed by atoms with E-state index in [-0.39, 0.29) is 11.7 Å². The highest BCUT2D eigenvalue weighted by Gasteiger charge is 2.19. The number of benzene rings is 1. The lowest BCUT2D eigenvalue weighted by molar-refractivity contribution is -0.124. The van der Waals surface area contributed by atoms with Crippen LogP contribution < -0.4 is 5.32 Å². The van der Waals surface area contributed by atoms with Gasteiger partial charge in [-0.15, -0.1) is 11.8 Å². The van der Waals surface area contributed by atoms with E-state index < -0.39 is 0 Å². The van der Waals surface area contributed by atoms with Gasteiger partial charge in [0.25, 0.3) is 0 Å². The molecule has 0 saturated carbocycles. The molecule has 1 heterocycles. The molecule has 1 aromatic rings. The number of hydrogen-bond acceptors (Lipinski definition) is 4. The van der Waals surface area contributed by atoms with E-state index >= 15 is 0 Å². The molecule has 1 aliphatic rings. The number of nitrogens with zero attached hydrogens (tertiary/aromatic N) is 1. The molecule has 2 rings (SSSR count). The molecule has 144 valence electrons. The van der Waals surface area contributed by atoms with Crippen LogP contribution in [0, 0.1) is 0 Å². The van der Waals surface area contributed by atoms with E-state index in [9.17, 15) is 9.59 Å². The van der Waals surface area contributed by atoms with Gasteiger partial charge in [-0.25, -0.2) is 0 Å². The van der Waals surface area contributed by atoms with E-state index in [1.54, 1.807) is 17.8 Å². The van der Waals surface area contributed by atoms with Gasteiger partial charge in [0, 0.05) is 36.5 Å². The molecule has 1 saturated heterocycles. The van der Waals surface area contributed by atoms with Gasteiger partial charge in [-0.2, -0.15) is 0 Å². The molecule has 4 nitrogen and oxygen atoms in total. The number of amides is 1. The van der Waals surface area contributed by atoms with Crippen molar-refractivity contribution in [2.75, 3.05) is 31.9 Å². The highest BCUT2D eigenvalue weighted by atomic mass is 35.5. The third kappa shape index (κ3) is 6.45. The summed E-state index contributed by atoms with van der Waals surface area (Å²) in [5.41, 5.74) is 0.466. The van der Waals surface area contributed by atoms with Gasteiger partial charge >= 0.3 is 0 Å². The second-order valence-electron chi connectivity index (χ2n) is 6.45. The molecule has 0 aliphatic carbocycles. The number of nitrogens with one attached hydrogen (secondary N) is 1. The molecule has 0 radical (unpaired) electrons. The summed E-state index contributed by atoms with van der Waals surface area (Å²) in [5, 5.41) is 3.58. The Labute approximate surface area is 170 Å². The van der Waals surface area contributed by atoms with Gasteiger partial charge < -0.3 is 5.32 Å². The van der Waals surface area contributed by atoms with E-state index in [1.807, 2.05) is 11.0 Å². The average molecular weight is 417 g/mol. The monoisotopic (exact) mass is 416 g/mol. The predicted octanol–water partition coefficient (Wildman–Crippen LogP) is 4.67. The molecule has 0 spiro atoms. The summed E-state index contributed by atoms with van der Waals surface area (Å²) in [6.45, 7) is 4.48. The van der Waals surface area contributed by atoms with Crippen molar-refractivity contribution in [2.45, 2.75) is 43.9 Å². The largest absolute Gasteiger partial charge is 0.354 e. The number of carbonyl (C=O) groups excluding carboxylic acids is 2. The quantitative estimate of drug-likeness (QED) is 0.342. The topological polar surface area (TPSA) is 49.4 Å². The van der Waals surface area contributed by atoms with Gasteiger partial charge in [-0.05, 0) is 24.3 Å². The van der Waals surface area contributed by atoms with Crippen molar-refractivity contribution >= 4 is 46.7 Å². The van der Waals surface area contributed by atoms with Gasteiger partial charge in [0.05, 0.1) is 16.6 Å². The summed E-state index contributed by atoms with van der Waals surface area (Å²) in [4.78, 5) is 26.8. The van der Waals surface area contributed by atoms with Crippen molar-refractivity contribution in [3.63, 3.8) is 0 Å². The minimum atomic E-state index is -0.0395. The minimum absolute atomic E-state index is 0.00471. The SMILES string of the molecule is CCCCCCSc1ccc(C(=O)CCN2CCNC(=O)C2)c(Cl)c1Cl. The van der Waals surface area contributed by atoms with Crippen molar-refractivity contribution in [3.8, 4) is 0 Å². The van der Waals surface area contributed by atoms with Gasteiger partial charge in [0.2, 0.25) is 5.91 Å². The third-order valence-electron chi connectivity index (χ3n) is 4.38. The number of Topliss-reactive ketones (excluding diaryl/α,β-unsaturated/α-hetero) is 1. The zero-order chi connectivity index (χ0) is 18.9. The van der Waals surface area contributed by atoms with E-state index in [4.69, 9.17) is 23.2 Å². The number of hydrogen-bond donors (Lipinski definition) is 1. The van der Waals surface area contributed by atoms with Crippen LogP contribution in [0.2, 0.25) is 10.0 Å². The fourth-order valence-corrected chi connectivity index (χ4v) is 4.46. The van der Waals surface area contributed by atoms with E-state index in [0.717, 1.165) is 23.6 Å². The predicted molar refractivity (Wildman–Crippen MR) is 110 cm³/mol. The Morgan fingerprint density at radius 3 is 2.77 bits per heavy atom. The van der Waals surface area contributed by atoms with E-state index in [2.05, 4.69) is 12.2 Å². The van der Waals surface area contributed by atoms with Gasteiger partial charge in [0.1, 0.15) is 0 Å². The summed E-state index contributed by atoms with van der Waals surface area (Å²) < 4.78 is 0. The Bertz CT molecular complexity index is 640. The summed E-state index contributed by atoms with van der Waals surface area (Å²) in [7, 11) is 0. The number of carbonyl (C=O) groups is 2. The number of halogens is 2. The highest BCUT2D eigenvalue weighted by molar-refractivity contribution is 7.99. The number of unbranched alkanes of at least 4 members (excludes halogenated alkanes) is 3. The second kappa shape index (κ2) is 11.2. The van der Waals surface area contributed by atoms with Crippen LogP contribution in [0.4, 0.5) is 0 Å². The van der Waals surface area contributed by atoms with Crippen molar-refractivity contribution in [1.29, 1.82) is 0 Å². The Balaban J connectivity index is 1.89. The molecule has 1 aliphatic heterocycles. The smallest absolute Gasteiger partial charge is 0.234 e. The maximum Gasteiger partial charge on any atom is 0.234 e. The minimum Gasteiger partial charge on any atom is -0.354 e. The molecule has 1 N–H and O–H groups in total. The van der Waals surface area contributed by atoms with Crippen LogP contribution in [0.3, 0.4) is 0 Å². The highest BCUT2D eigenvalue weighted by Crippen LogP contribution is 2.36. The molecule has 0 atom stereocenters. The maximum absolute atomic E-state index is 12.5. The molecule has 0 unspecified atom stereocenters. The standard InChI is InChI=1S/C19H26Cl2N2O2S/c1-2-3-4-5-12-26-16-7-6-14(18(20)19(16)21)15(24)8-10-23-11-9-22-17(25)13-23/h6-7H,2-5,8-13H2,1H3,(H,22,25). The summed E-state index contributed by atoms with van der Waals surface area (Å²) >= 11 is 14.4. The molecular formula is C19H26Cl2N2O2S. The van der Waals surface area contributed by atoms with Crippen LogP contribution in [-0.4, -0.2) is 48.5 Å². The second-order valence-corrected chi connectivity index (χ2v) is 8.34. The molecule has 1 fully saturated rings.